The van der Waals surface area contributed by atoms with Gasteiger partial charge in [0.1, 0.15) is 0 Å². The van der Waals surface area contributed by atoms with E-state index in [1.165, 1.54) is 6.42 Å². The third-order valence-corrected chi connectivity index (χ3v) is 4.25. The third kappa shape index (κ3) is 4.19. The molecular formula is C15H20Cl2N2O. The highest BCUT2D eigenvalue weighted by Gasteiger charge is 2.22. The van der Waals surface area contributed by atoms with Gasteiger partial charge < -0.3 is 4.90 Å². The van der Waals surface area contributed by atoms with Gasteiger partial charge in [-0.05, 0) is 51.2 Å². The van der Waals surface area contributed by atoms with E-state index in [0.717, 1.165) is 19.6 Å². The summed E-state index contributed by atoms with van der Waals surface area (Å²) >= 11 is 11.9. The largest absolute Gasteiger partial charge is 0.306 e. The number of carbonyl (C=O) groups excluding carboxylic acids is 1. The molecule has 1 saturated heterocycles. The van der Waals surface area contributed by atoms with Crippen LogP contribution in [0.2, 0.25) is 10.0 Å². The molecule has 1 heterocycles. The zero-order chi connectivity index (χ0) is 14.7. The summed E-state index contributed by atoms with van der Waals surface area (Å²) in [5, 5.41) is 0.977. The molecule has 0 N–H and O–H groups in total. The summed E-state index contributed by atoms with van der Waals surface area (Å²) in [5.74, 6) is 0.694. The van der Waals surface area contributed by atoms with Crippen LogP contribution in [0.25, 0.3) is 0 Å². The van der Waals surface area contributed by atoms with Crippen LogP contribution in [-0.2, 0) is 0 Å². The van der Waals surface area contributed by atoms with Crippen molar-refractivity contribution in [3.8, 4) is 0 Å². The number of likely N-dealkylation sites (tertiary alicyclic amines) is 1. The van der Waals surface area contributed by atoms with Crippen molar-refractivity contribution in [1.29, 1.82) is 0 Å². The Kier molecular flexibility index (Phi) is 5.44. The van der Waals surface area contributed by atoms with E-state index < -0.39 is 0 Å². The first-order chi connectivity index (χ1) is 9.45. The van der Waals surface area contributed by atoms with Gasteiger partial charge in [0.15, 0.2) is 5.78 Å². The molecule has 0 aromatic heterocycles. The molecule has 2 rings (SSSR count). The molecule has 0 bridgehead atoms. The maximum absolute atomic E-state index is 12.2. The summed E-state index contributed by atoms with van der Waals surface area (Å²) in [4.78, 5) is 16.7. The normalized spacial score (nSPS) is 19.8. The molecule has 1 atom stereocenters. The zero-order valence-electron chi connectivity index (χ0n) is 11.9. The number of hydrogen-bond acceptors (Lipinski definition) is 3. The topological polar surface area (TPSA) is 23.6 Å². The van der Waals surface area contributed by atoms with E-state index in [1.54, 1.807) is 18.2 Å². The van der Waals surface area contributed by atoms with Crippen LogP contribution < -0.4 is 0 Å². The molecule has 1 fully saturated rings. The molecule has 0 radical (unpaired) electrons. The third-order valence-electron chi connectivity index (χ3n) is 3.70. The highest BCUT2D eigenvalue weighted by Crippen LogP contribution is 2.22. The highest BCUT2D eigenvalue weighted by atomic mass is 35.5. The Hall–Kier alpha value is -0.610. The molecule has 1 aromatic rings. The van der Waals surface area contributed by atoms with Crippen molar-refractivity contribution < 1.29 is 4.79 Å². The van der Waals surface area contributed by atoms with Crippen LogP contribution in [0.15, 0.2) is 18.2 Å². The molecule has 3 nitrogen and oxygen atoms in total. The van der Waals surface area contributed by atoms with E-state index in [1.807, 2.05) is 7.05 Å². The fourth-order valence-electron chi connectivity index (χ4n) is 2.73. The molecule has 0 saturated carbocycles. The highest BCUT2D eigenvalue weighted by molar-refractivity contribution is 6.36. The van der Waals surface area contributed by atoms with Crippen LogP contribution in [0.3, 0.4) is 0 Å². The van der Waals surface area contributed by atoms with Crippen molar-refractivity contribution in [2.75, 3.05) is 40.3 Å². The van der Waals surface area contributed by atoms with E-state index in [9.17, 15) is 4.79 Å². The van der Waals surface area contributed by atoms with Crippen molar-refractivity contribution in [2.45, 2.75) is 6.42 Å². The van der Waals surface area contributed by atoms with Gasteiger partial charge in [-0.25, -0.2) is 0 Å². The molecule has 0 spiro atoms. The SMILES string of the molecule is CN1CCC(CN(C)CC(=O)c2ccc(Cl)cc2Cl)C1. The van der Waals surface area contributed by atoms with Crippen molar-refractivity contribution in [3.05, 3.63) is 33.8 Å². The second-order valence-electron chi connectivity index (χ2n) is 5.66. The molecule has 1 aliphatic heterocycles. The summed E-state index contributed by atoms with van der Waals surface area (Å²) < 4.78 is 0. The van der Waals surface area contributed by atoms with E-state index in [4.69, 9.17) is 23.2 Å². The Morgan fingerprint density at radius 1 is 1.45 bits per heavy atom. The summed E-state index contributed by atoms with van der Waals surface area (Å²) in [6.45, 7) is 3.60. The van der Waals surface area contributed by atoms with Gasteiger partial charge in [0.2, 0.25) is 0 Å². The number of hydrogen-bond donors (Lipinski definition) is 0. The lowest BCUT2D eigenvalue weighted by atomic mass is 10.1. The van der Waals surface area contributed by atoms with Gasteiger partial charge in [-0.3, -0.25) is 9.69 Å². The minimum Gasteiger partial charge on any atom is -0.306 e. The summed E-state index contributed by atoms with van der Waals surface area (Å²) in [6, 6.07) is 5.01. The first kappa shape index (κ1) is 15.8. The molecule has 5 heteroatoms. The van der Waals surface area contributed by atoms with Crippen molar-refractivity contribution in [1.82, 2.24) is 9.80 Å². The minimum atomic E-state index is 0.0421. The van der Waals surface area contributed by atoms with Gasteiger partial charge in [0.25, 0.3) is 0 Å². The average molecular weight is 315 g/mol. The Bertz CT molecular complexity index is 493. The predicted octanol–water partition coefficient (Wildman–Crippen LogP) is 3.06. The molecular weight excluding hydrogens is 295 g/mol. The fourth-order valence-corrected chi connectivity index (χ4v) is 3.24. The summed E-state index contributed by atoms with van der Waals surface area (Å²) in [6.07, 6.45) is 1.21. The lowest BCUT2D eigenvalue weighted by Gasteiger charge is -2.20. The summed E-state index contributed by atoms with van der Waals surface area (Å²) in [5.41, 5.74) is 0.548. The van der Waals surface area contributed by atoms with Crippen LogP contribution in [0.1, 0.15) is 16.8 Å². The molecule has 1 aliphatic rings. The quantitative estimate of drug-likeness (QED) is 0.780. The van der Waals surface area contributed by atoms with E-state index >= 15 is 0 Å². The van der Waals surface area contributed by atoms with Crippen molar-refractivity contribution in [2.24, 2.45) is 5.92 Å². The number of Topliss-reactive ketones (excluding diaryl/α,β-unsaturated/α-hetero) is 1. The minimum absolute atomic E-state index is 0.0421. The maximum Gasteiger partial charge on any atom is 0.178 e. The van der Waals surface area contributed by atoms with Crippen LogP contribution in [-0.4, -0.2) is 55.9 Å². The van der Waals surface area contributed by atoms with Gasteiger partial charge in [-0.2, -0.15) is 0 Å². The Balaban J connectivity index is 1.90. The standard InChI is InChI=1S/C15H20Cl2N2O/c1-18-6-5-11(8-18)9-19(2)10-15(20)13-4-3-12(16)7-14(13)17/h3-4,7,11H,5-6,8-10H2,1-2H3. The van der Waals surface area contributed by atoms with E-state index in [2.05, 4.69) is 16.8 Å². The molecule has 0 amide bonds. The number of likely N-dealkylation sites (N-methyl/N-ethyl adjacent to an activating group) is 1. The molecule has 1 aromatic carbocycles. The fraction of sp³-hybridized carbons (Fsp3) is 0.533. The molecule has 20 heavy (non-hydrogen) atoms. The smallest absolute Gasteiger partial charge is 0.178 e. The first-order valence-electron chi connectivity index (χ1n) is 6.81. The van der Waals surface area contributed by atoms with Gasteiger partial charge >= 0.3 is 0 Å². The second kappa shape index (κ2) is 6.90. The predicted molar refractivity (Wildman–Crippen MR) is 83.9 cm³/mol. The van der Waals surface area contributed by atoms with Crippen LogP contribution in [0, 0.1) is 5.92 Å². The lowest BCUT2D eigenvalue weighted by Crippen LogP contribution is -2.32. The van der Waals surface area contributed by atoms with E-state index in [0.29, 0.717) is 28.1 Å². The van der Waals surface area contributed by atoms with Crippen LogP contribution in [0.5, 0.6) is 0 Å². The van der Waals surface area contributed by atoms with Crippen molar-refractivity contribution >= 4 is 29.0 Å². The summed E-state index contributed by atoms with van der Waals surface area (Å²) in [7, 11) is 4.12. The van der Waals surface area contributed by atoms with Gasteiger partial charge in [-0.1, -0.05) is 23.2 Å². The lowest BCUT2D eigenvalue weighted by molar-refractivity contribution is 0.0938. The van der Waals surface area contributed by atoms with E-state index in [-0.39, 0.29) is 5.78 Å². The Morgan fingerprint density at radius 3 is 2.80 bits per heavy atom. The molecule has 110 valence electrons. The number of nitrogens with zero attached hydrogens (tertiary/aromatic N) is 2. The zero-order valence-corrected chi connectivity index (χ0v) is 13.4. The van der Waals surface area contributed by atoms with Crippen molar-refractivity contribution in [3.63, 3.8) is 0 Å². The number of rotatable bonds is 5. The average Bonchev–Trinajstić information content (AvgIpc) is 2.74. The van der Waals surface area contributed by atoms with Crippen LogP contribution >= 0.6 is 23.2 Å². The monoisotopic (exact) mass is 314 g/mol. The number of halogens is 2. The number of ketones is 1. The molecule has 1 unspecified atom stereocenters. The Morgan fingerprint density at radius 2 is 2.20 bits per heavy atom. The number of carbonyl (C=O) groups is 1. The van der Waals surface area contributed by atoms with Gasteiger partial charge in [0.05, 0.1) is 11.6 Å². The van der Waals surface area contributed by atoms with Crippen LogP contribution in [0.4, 0.5) is 0 Å². The number of benzene rings is 1. The Labute approximate surface area is 130 Å². The van der Waals surface area contributed by atoms with Gasteiger partial charge in [0, 0.05) is 23.7 Å². The molecule has 0 aliphatic carbocycles. The first-order valence-corrected chi connectivity index (χ1v) is 7.56. The van der Waals surface area contributed by atoms with Gasteiger partial charge in [-0.15, -0.1) is 0 Å². The maximum atomic E-state index is 12.2. The second-order valence-corrected chi connectivity index (χ2v) is 6.50.